The fourth-order valence-corrected chi connectivity index (χ4v) is 2.81. The smallest absolute Gasteiger partial charge is 0.305 e. The average molecular weight is 262 g/mol. The van der Waals surface area contributed by atoms with Crippen molar-refractivity contribution in [3.63, 3.8) is 0 Å². The largest absolute Gasteiger partial charge is 0.481 e. The summed E-state index contributed by atoms with van der Waals surface area (Å²) >= 11 is 1.46. The fraction of sp³-hybridized carbons (Fsp3) is 0.231. The SMILES string of the molecule is Cc1nc(-c2ccccc2)sc1C(N)CC(=O)O. The Labute approximate surface area is 109 Å². The van der Waals surface area contributed by atoms with Gasteiger partial charge in [0.1, 0.15) is 5.01 Å². The molecule has 1 aromatic heterocycles. The van der Waals surface area contributed by atoms with Crippen molar-refractivity contribution in [3.8, 4) is 10.6 Å². The molecule has 3 N–H and O–H groups in total. The second-order valence-corrected chi connectivity index (χ2v) is 5.07. The third kappa shape index (κ3) is 2.75. The van der Waals surface area contributed by atoms with Crippen molar-refractivity contribution in [1.29, 1.82) is 0 Å². The van der Waals surface area contributed by atoms with Gasteiger partial charge in [-0.25, -0.2) is 4.98 Å². The summed E-state index contributed by atoms with van der Waals surface area (Å²) in [6.07, 6.45) is -0.0722. The van der Waals surface area contributed by atoms with E-state index in [2.05, 4.69) is 4.98 Å². The first-order valence-electron chi connectivity index (χ1n) is 5.58. The number of nitrogens with two attached hydrogens (primary N) is 1. The van der Waals surface area contributed by atoms with Gasteiger partial charge in [-0.3, -0.25) is 4.79 Å². The molecule has 0 spiro atoms. The van der Waals surface area contributed by atoms with Crippen molar-refractivity contribution in [2.24, 2.45) is 5.73 Å². The number of rotatable bonds is 4. The van der Waals surface area contributed by atoms with Crippen molar-refractivity contribution in [1.82, 2.24) is 4.98 Å². The maximum Gasteiger partial charge on any atom is 0.305 e. The summed E-state index contributed by atoms with van der Waals surface area (Å²) in [6, 6.07) is 9.31. The molecule has 5 heteroatoms. The van der Waals surface area contributed by atoms with Gasteiger partial charge in [-0.1, -0.05) is 30.3 Å². The van der Waals surface area contributed by atoms with E-state index in [0.717, 1.165) is 21.1 Å². The normalized spacial score (nSPS) is 12.3. The Morgan fingerprint density at radius 3 is 2.72 bits per heavy atom. The molecule has 0 aliphatic heterocycles. The number of hydrogen-bond acceptors (Lipinski definition) is 4. The summed E-state index contributed by atoms with van der Waals surface area (Å²) in [4.78, 5) is 16.0. The Bertz CT molecular complexity index is 551. The number of thiazole rings is 1. The Balaban J connectivity index is 2.30. The van der Waals surface area contributed by atoms with E-state index in [1.165, 1.54) is 11.3 Å². The van der Waals surface area contributed by atoms with E-state index in [1.807, 2.05) is 37.3 Å². The Morgan fingerprint density at radius 2 is 2.11 bits per heavy atom. The lowest BCUT2D eigenvalue weighted by Crippen LogP contribution is -2.14. The molecule has 0 saturated carbocycles. The Kier molecular flexibility index (Phi) is 3.74. The molecule has 0 aliphatic rings. The van der Waals surface area contributed by atoms with Crippen LogP contribution >= 0.6 is 11.3 Å². The van der Waals surface area contributed by atoms with Gasteiger partial charge >= 0.3 is 5.97 Å². The lowest BCUT2D eigenvalue weighted by molar-refractivity contribution is -0.137. The van der Waals surface area contributed by atoms with E-state index >= 15 is 0 Å². The third-order valence-electron chi connectivity index (χ3n) is 2.58. The second-order valence-electron chi connectivity index (χ2n) is 4.04. The van der Waals surface area contributed by atoms with Crippen LogP contribution in [0.15, 0.2) is 30.3 Å². The van der Waals surface area contributed by atoms with Gasteiger partial charge in [0.2, 0.25) is 0 Å². The van der Waals surface area contributed by atoms with Crippen LogP contribution in [-0.2, 0) is 4.79 Å². The Hall–Kier alpha value is -1.72. The predicted molar refractivity (Wildman–Crippen MR) is 71.5 cm³/mol. The molecule has 0 aliphatic carbocycles. The molecule has 1 unspecified atom stereocenters. The van der Waals surface area contributed by atoms with Crippen LogP contribution in [0.3, 0.4) is 0 Å². The number of carboxylic acid groups (broad SMARTS) is 1. The molecule has 0 saturated heterocycles. The summed E-state index contributed by atoms with van der Waals surface area (Å²) in [5.74, 6) is -0.892. The molecule has 1 aromatic carbocycles. The maximum atomic E-state index is 10.7. The predicted octanol–water partition coefficient (Wildman–Crippen LogP) is 2.59. The minimum Gasteiger partial charge on any atom is -0.481 e. The highest BCUT2D eigenvalue weighted by molar-refractivity contribution is 7.15. The van der Waals surface area contributed by atoms with Gasteiger partial charge in [0.05, 0.1) is 18.2 Å². The lowest BCUT2D eigenvalue weighted by Gasteiger charge is -2.05. The number of aryl methyl sites for hydroxylation is 1. The van der Waals surface area contributed by atoms with Crippen LogP contribution in [0.25, 0.3) is 10.6 Å². The average Bonchev–Trinajstić information content (AvgIpc) is 2.72. The van der Waals surface area contributed by atoms with Gasteiger partial charge in [0.15, 0.2) is 0 Å². The second kappa shape index (κ2) is 5.29. The van der Waals surface area contributed by atoms with E-state index in [0.29, 0.717) is 0 Å². The number of aromatic nitrogens is 1. The molecule has 2 rings (SSSR count). The molecule has 94 valence electrons. The number of aliphatic carboxylic acids is 1. The van der Waals surface area contributed by atoms with Crippen molar-refractivity contribution < 1.29 is 9.90 Å². The van der Waals surface area contributed by atoms with Crippen LogP contribution in [-0.4, -0.2) is 16.1 Å². The van der Waals surface area contributed by atoms with E-state index in [9.17, 15) is 4.79 Å². The fourth-order valence-electron chi connectivity index (χ4n) is 1.74. The quantitative estimate of drug-likeness (QED) is 0.888. The summed E-state index contributed by atoms with van der Waals surface area (Å²) in [5, 5.41) is 9.64. The van der Waals surface area contributed by atoms with Crippen molar-refractivity contribution in [2.75, 3.05) is 0 Å². The molecule has 1 atom stereocenters. The molecule has 0 amide bonds. The molecule has 4 nitrogen and oxygen atoms in total. The van der Waals surface area contributed by atoms with Crippen molar-refractivity contribution >= 4 is 17.3 Å². The van der Waals surface area contributed by atoms with Crippen LogP contribution in [0, 0.1) is 6.92 Å². The van der Waals surface area contributed by atoms with E-state index in [4.69, 9.17) is 10.8 Å². The number of benzene rings is 1. The first kappa shape index (κ1) is 12.7. The Morgan fingerprint density at radius 1 is 1.44 bits per heavy atom. The van der Waals surface area contributed by atoms with Crippen molar-refractivity contribution in [3.05, 3.63) is 40.9 Å². The number of hydrogen-bond donors (Lipinski definition) is 2. The van der Waals surface area contributed by atoms with E-state index < -0.39 is 12.0 Å². The molecule has 2 aromatic rings. The zero-order valence-corrected chi connectivity index (χ0v) is 10.8. The topological polar surface area (TPSA) is 76.2 Å². The number of carboxylic acids is 1. The zero-order chi connectivity index (χ0) is 13.1. The molecular formula is C13H14N2O2S. The summed E-state index contributed by atoms with van der Waals surface area (Å²) < 4.78 is 0. The molecular weight excluding hydrogens is 248 g/mol. The van der Waals surface area contributed by atoms with Gasteiger partial charge < -0.3 is 10.8 Å². The van der Waals surface area contributed by atoms with Gasteiger partial charge in [-0.15, -0.1) is 11.3 Å². The van der Waals surface area contributed by atoms with Gasteiger partial charge in [0.25, 0.3) is 0 Å². The minimum atomic E-state index is -0.892. The standard InChI is InChI=1S/C13H14N2O2S/c1-8-12(10(14)7-11(16)17)18-13(15-8)9-5-3-2-4-6-9/h2-6,10H,7,14H2,1H3,(H,16,17). The molecule has 0 bridgehead atoms. The minimum absolute atomic E-state index is 0.0722. The molecule has 18 heavy (non-hydrogen) atoms. The summed E-state index contributed by atoms with van der Waals surface area (Å²) in [7, 11) is 0. The van der Waals surface area contributed by atoms with Crippen LogP contribution in [0.5, 0.6) is 0 Å². The highest BCUT2D eigenvalue weighted by atomic mass is 32.1. The van der Waals surface area contributed by atoms with Gasteiger partial charge in [-0.2, -0.15) is 0 Å². The monoisotopic (exact) mass is 262 g/mol. The first-order valence-corrected chi connectivity index (χ1v) is 6.39. The molecule has 0 radical (unpaired) electrons. The maximum absolute atomic E-state index is 10.7. The van der Waals surface area contributed by atoms with Crippen LogP contribution in [0.2, 0.25) is 0 Å². The van der Waals surface area contributed by atoms with Crippen LogP contribution in [0.1, 0.15) is 23.0 Å². The molecule has 1 heterocycles. The van der Waals surface area contributed by atoms with Crippen LogP contribution in [0.4, 0.5) is 0 Å². The van der Waals surface area contributed by atoms with E-state index in [-0.39, 0.29) is 6.42 Å². The van der Waals surface area contributed by atoms with Gasteiger partial charge in [0, 0.05) is 10.4 Å². The van der Waals surface area contributed by atoms with E-state index in [1.54, 1.807) is 0 Å². The molecule has 0 fully saturated rings. The third-order valence-corrected chi connectivity index (χ3v) is 3.92. The van der Waals surface area contributed by atoms with Crippen LogP contribution < -0.4 is 5.73 Å². The highest BCUT2D eigenvalue weighted by Gasteiger charge is 2.17. The number of nitrogens with zero attached hydrogens (tertiary/aromatic N) is 1. The first-order chi connectivity index (χ1) is 8.58. The highest BCUT2D eigenvalue weighted by Crippen LogP contribution is 2.31. The summed E-state index contributed by atoms with van der Waals surface area (Å²) in [5.41, 5.74) is 7.72. The zero-order valence-electron chi connectivity index (χ0n) is 9.96. The number of carbonyl (C=O) groups is 1. The lowest BCUT2D eigenvalue weighted by atomic mass is 10.1. The van der Waals surface area contributed by atoms with Crippen molar-refractivity contribution in [2.45, 2.75) is 19.4 Å². The van der Waals surface area contributed by atoms with Gasteiger partial charge in [-0.05, 0) is 6.92 Å². The summed E-state index contributed by atoms with van der Waals surface area (Å²) in [6.45, 7) is 1.86.